The lowest BCUT2D eigenvalue weighted by Gasteiger charge is -2.39. The van der Waals surface area contributed by atoms with E-state index in [1.54, 1.807) is 0 Å². The Morgan fingerprint density at radius 2 is 1.90 bits per heavy atom. The third-order valence-corrected chi connectivity index (χ3v) is 4.96. The van der Waals surface area contributed by atoms with Crippen LogP contribution < -0.4 is 0 Å². The molecule has 4 rings (SSSR count). The Kier molecular flexibility index (Phi) is 3.12. The van der Waals surface area contributed by atoms with Gasteiger partial charge in [-0.15, -0.1) is 0 Å². The highest BCUT2D eigenvalue weighted by atomic mass is 15.1. The number of hydrogen-bond acceptors (Lipinski definition) is 2. The van der Waals surface area contributed by atoms with Gasteiger partial charge in [-0.25, -0.2) is 0 Å². The zero-order valence-electron chi connectivity index (χ0n) is 12.2. The van der Waals surface area contributed by atoms with Crippen LogP contribution in [0.5, 0.6) is 0 Å². The second-order valence-electron chi connectivity index (χ2n) is 6.21. The maximum atomic E-state index is 4.21. The third kappa shape index (κ3) is 2.30. The number of fused-ring (bicyclic) bond motifs is 2. The Morgan fingerprint density at radius 3 is 2.71 bits per heavy atom. The van der Waals surface area contributed by atoms with Crippen molar-refractivity contribution in [3.63, 3.8) is 0 Å². The largest absolute Gasteiger partial charge is 0.299 e. The normalized spacial score (nSPS) is 19.8. The van der Waals surface area contributed by atoms with Crippen LogP contribution in [0.15, 0.2) is 54.9 Å². The van der Waals surface area contributed by atoms with Crippen molar-refractivity contribution in [2.24, 2.45) is 0 Å². The van der Waals surface area contributed by atoms with Crippen LogP contribution in [0, 0.1) is 0 Å². The summed E-state index contributed by atoms with van der Waals surface area (Å²) in [5.74, 6) is 0. The molecule has 0 bridgehead atoms. The van der Waals surface area contributed by atoms with E-state index >= 15 is 0 Å². The van der Waals surface area contributed by atoms with E-state index in [0.717, 1.165) is 19.6 Å². The zero-order valence-corrected chi connectivity index (χ0v) is 12.2. The first-order chi connectivity index (χ1) is 10.4. The van der Waals surface area contributed by atoms with Gasteiger partial charge in [-0.05, 0) is 48.7 Å². The van der Waals surface area contributed by atoms with Crippen molar-refractivity contribution in [1.29, 1.82) is 0 Å². The number of likely N-dealkylation sites (tertiary alicyclic amines) is 1. The molecule has 0 unspecified atom stereocenters. The summed E-state index contributed by atoms with van der Waals surface area (Å²) >= 11 is 0. The van der Waals surface area contributed by atoms with Crippen molar-refractivity contribution in [3.8, 4) is 0 Å². The fourth-order valence-electron chi connectivity index (χ4n) is 3.73. The number of nitrogens with zero attached hydrogens (tertiary/aromatic N) is 2. The number of hydrogen-bond donors (Lipinski definition) is 0. The van der Waals surface area contributed by atoms with E-state index in [0.29, 0.717) is 5.41 Å². The summed E-state index contributed by atoms with van der Waals surface area (Å²) < 4.78 is 0. The minimum atomic E-state index is 0.294. The lowest BCUT2D eigenvalue weighted by molar-refractivity contribution is 0.177. The van der Waals surface area contributed by atoms with Crippen LogP contribution in [-0.4, -0.2) is 23.0 Å². The van der Waals surface area contributed by atoms with Crippen LogP contribution in [0.4, 0.5) is 0 Å². The zero-order chi connectivity index (χ0) is 14.1. The molecule has 2 heterocycles. The smallest absolute Gasteiger partial charge is 0.0312 e. The van der Waals surface area contributed by atoms with E-state index in [4.69, 9.17) is 0 Å². The highest BCUT2D eigenvalue weighted by Crippen LogP contribution is 2.43. The van der Waals surface area contributed by atoms with Gasteiger partial charge in [-0.2, -0.15) is 0 Å². The molecule has 0 amide bonds. The Hall–Kier alpha value is -1.93. The maximum Gasteiger partial charge on any atom is 0.0312 e. The Labute approximate surface area is 126 Å². The van der Waals surface area contributed by atoms with Gasteiger partial charge >= 0.3 is 0 Å². The second kappa shape index (κ2) is 5.12. The van der Waals surface area contributed by atoms with Crippen molar-refractivity contribution in [2.45, 2.75) is 24.8 Å². The SMILES string of the molecule is C1=CC2(CCN(Cc3cccnc3)CC2)c2ccccc21. The third-order valence-electron chi connectivity index (χ3n) is 4.96. The van der Waals surface area contributed by atoms with Gasteiger partial charge in [-0.1, -0.05) is 42.5 Å². The van der Waals surface area contributed by atoms with Crippen molar-refractivity contribution in [1.82, 2.24) is 9.88 Å². The summed E-state index contributed by atoms with van der Waals surface area (Å²) in [6.07, 6.45) is 11.0. The fourth-order valence-corrected chi connectivity index (χ4v) is 3.73. The summed E-state index contributed by atoms with van der Waals surface area (Å²) in [5, 5.41) is 0. The van der Waals surface area contributed by atoms with Crippen LogP contribution in [0.1, 0.15) is 29.5 Å². The molecule has 0 saturated carbocycles. The first-order valence-electron chi connectivity index (χ1n) is 7.76. The maximum absolute atomic E-state index is 4.21. The Bertz CT molecular complexity index is 652. The standard InChI is InChI=1S/C19H20N2/c1-2-6-18-17(5-1)7-8-19(18)9-12-21(13-10-19)15-16-4-3-11-20-14-16/h1-8,11,14H,9-10,12-13,15H2. The average Bonchev–Trinajstić information content (AvgIpc) is 2.90. The fraction of sp³-hybridized carbons (Fsp3) is 0.316. The van der Waals surface area contributed by atoms with E-state index in [9.17, 15) is 0 Å². The molecule has 0 radical (unpaired) electrons. The Balaban J connectivity index is 1.47. The van der Waals surface area contributed by atoms with Gasteiger partial charge in [-0.3, -0.25) is 9.88 Å². The van der Waals surface area contributed by atoms with E-state index in [2.05, 4.69) is 52.4 Å². The summed E-state index contributed by atoms with van der Waals surface area (Å²) in [5.41, 5.74) is 4.56. The van der Waals surface area contributed by atoms with Crippen LogP contribution in [0.2, 0.25) is 0 Å². The number of benzene rings is 1. The van der Waals surface area contributed by atoms with Gasteiger partial charge in [0.15, 0.2) is 0 Å². The highest BCUT2D eigenvalue weighted by molar-refractivity contribution is 5.65. The molecule has 2 aliphatic rings. The first-order valence-corrected chi connectivity index (χ1v) is 7.76. The summed E-state index contributed by atoms with van der Waals surface area (Å²) in [6.45, 7) is 3.34. The predicted molar refractivity (Wildman–Crippen MR) is 85.9 cm³/mol. The summed E-state index contributed by atoms with van der Waals surface area (Å²) in [7, 11) is 0. The number of aromatic nitrogens is 1. The van der Waals surface area contributed by atoms with Crippen LogP contribution in [0.3, 0.4) is 0 Å². The van der Waals surface area contributed by atoms with Gasteiger partial charge in [0, 0.05) is 24.4 Å². The second-order valence-corrected chi connectivity index (χ2v) is 6.21. The summed E-state index contributed by atoms with van der Waals surface area (Å²) in [6, 6.07) is 13.1. The van der Waals surface area contributed by atoms with E-state index in [1.165, 1.54) is 29.5 Å². The average molecular weight is 276 g/mol. The van der Waals surface area contributed by atoms with Crippen molar-refractivity contribution >= 4 is 6.08 Å². The molecule has 1 aromatic heterocycles. The molecule has 1 fully saturated rings. The topological polar surface area (TPSA) is 16.1 Å². The van der Waals surface area contributed by atoms with E-state index < -0.39 is 0 Å². The minimum Gasteiger partial charge on any atom is -0.299 e. The molecule has 2 nitrogen and oxygen atoms in total. The molecule has 0 atom stereocenters. The number of rotatable bonds is 2. The molecular weight excluding hydrogens is 256 g/mol. The van der Waals surface area contributed by atoms with Gasteiger partial charge < -0.3 is 0 Å². The quantitative estimate of drug-likeness (QED) is 0.832. The lowest BCUT2D eigenvalue weighted by Crippen LogP contribution is -2.40. The summed E-state index contributed by atoms with van der Waals surface area (Å²) in [4.78, 5) is 6.77. The Morgan fingerprint density at radius 1 is 1.05 bits per heavy atom. The molecule has 2 aromatic rings. The van der Waals surface area contributed by atoms with Crippen molar-refractivity contribution in [2.75, 3.05) is 13.1 Å². The lowest BCUT2D eigenvalue weighted by atomic mass is 9.74. The predicted octanol–water partition coefficient (Wildman–Crippen LogP) is 3.64. The molecule has 1 saturated heterocycles. The van der Waals surface area contributed by atoms with Crippen LogP contribution in [0.25, 0.3) is 6.08 Å². The molecule has 106 valence electrons. The molecular formula is C19H20N2. The number of piperidine rings is 1. The monoisotopic (exact) mass is 276 g/mol. The van der Waals surface area contributed by atoms with Gasteiger partial charge in [0.25, 0.3) is 0 Å². The van der Waals surface area contributed by atoms with Crippen molar-refractivity contribution in [3.05, 3.63) is 71.6 Å². The first kappa shape index (κ1) is 12.8. The molecule has 1 aliphatic carbocycles. The molecule has 21 heavy (non-hydrogen) atoms. The molecule has 1 aromatic carbocycles. The molecule has 1 aliphatic heterocycles. The van der Waals surface area contributed by atoms with Gasteiger partial charge in [0.05, 0.1) is 0 Å². The highest BCUT2D eigenvalue weighted by Gasteiger charge is 2.37. The van der Waals surface area contributed by atoms with Crippen molar-refractivity contribution < 1.29 is 0 Å². The minimum absolute atomic E-state index is 0.294. The van der Waals surface area contributed by atoms with Crippen LogP contribution in [-0.2, 0) is 12.0 Å². The number of pyridine rings is 1. The molecule has 2 heteroatoms. The van der Waals surface area contributed by atoms with Gasteiger partial charge in [0.2, 0.25) is 0 Å². The van der Waals surface area contributed by atoms with E-state index in [1.807, 2.05) is 18.5 Å². The van der Waals surface area contributed by atoms with E-state index in [-0.39, 0.29) is 0 Å². The number of allylic oxidation sites excluding steroid dienone is 1. The van der Waals surface area contributed by atoms with Crippen LogP contribution >= 0.6 is 0 Å². The molecule has 0 N–H and O–H groups in total. The molecule has 1 spiro atoms. The van der Waals surface area contributed by atoms with Gasteiger partial charge in [0.1, 0.15) is 0 Å².